The number of esters is 1. The van der Waals surface area contributed by atoms with Crippen molar-refractivity contribution >= 4 is 44.8 Å². The molecule has 0 radical (unpaired) electrons. The maximum atomic E-state index is 12.8. The molecule has 0 bridgehead atoms. The molecule has 12 heteroatoms. The van der Waals surface area contributed by atoms with Crippen LogP contribution in [0.15, 0.2) is 46.6 Å². The molecule has 0 spiro atoms. The highest BCUT2D eigenvalue weighted by molar-refractivity contribution is 7.89. The van der Waals surface area contributed by atoms with Crippen LogP contribution in [0.1, 0.15) is 6.92 Å². The molecule has 34 heavy (non-hydrogen) atoms. The second kappa shape index (κ2) is 12.3. The van der Waals surface area contributed by atoms with Gasteiger partial charge in [-0.05, 0) is 45.3 Å². The number of likely N-dealkylation sites (N-methyl/N-ethyl adjacent to an activating group) is 1. The van der Waals surface area contributed by atoms with Gasteiger partial charge in [-0.15, -0.1) is 11.3 Å². The third kappa shape index (κ3) is 6.88. The Bertz CT molecular complexity index is 1350. The zero-order valence-electron chi connectivity index (χ0n) is 19.2. The van der Waals surface area contributed by atoms with Gasteiger partial charge in [-0.1, -0.05) is 12.7 Å². The van der Waals surface area contributed by atoms with Gasteiger partial charge in [-0.25, -0.2) is 17.9 Å². The van der Waals surface area contributed by atoms with E-state index in [0.717, 1.165) is 11.3 Å². The molecule has 0 amide bonds. The standard InChI is InChI=1S/C22H27N5O5S2/c1-5-13-32-22(29)18(14-23)21-27(6-2)20(28)19(33-21)15-24-16-7-9-17(10-8-16)34(30,31)25-11-12-26(3)4/h5,7-10,15,24-25H,1,6,11-13H2,2-4H3. The summed E-state index contributed by atoms with van der Waals surface area (Å²) in [6.07, 6.45) is 2.83. The van der Waals surface area contributed by atoms with Gasteiger partial charge >= 0.3 is 5.97 Å². The lowest BCUT2D eigenvalue weighted by molar-refractivity contribution is -0.135. The Morgan fingerprint density at radius 2 is 2.00 bits per heavy atom. The fraction of sp³-hybridized carbons (Fsp3) is 0.318. The first-order valence-corrected chi connectivity index (χ1v) is 12.6. The normalized spacial score (nSPS) is 12.9. The summed E-state index contributed by atoms with van der Waals surface area (Å²) >= 11 is 0.980. The van der Waals surface area contributed by atoms with Crippen molar-refractivity contribution in [3.8, 4) is 6.07 Å². The summed E-state index contributed by atoms with van der Waals surface area (Å²) in [5.41, 5.74) is -0.0788. The van der Waals surface area contributed by atoms with Crippen molar-refractivity contribution in [3.63, 3.8) is 0 Å². The predicted molar refractivity (Wildman–Crippen MR) is 132 cm³/mol. The van der Waals surface area contributed by atoms with E-state index in [4.69, 9.17) is 4.74 Å². The minimum absolute atomic E-state index is 0.0524. The molecular weight excluding hydrogens is 478 g/mol. The summed E-state index contributed by atoms with van der Waals surface area (Å²) in [6.45, 7) is 6.25. The Hall–Kier alpha value is -3.24. The van der Waals surface area contributed by atoms with Crippen LogP contribution in [0.5, 0.6) is 0 Å². The smallest absolute Gasteiger partial charge is 0.352 e. The van der Waals surface area contributed by atoms with E-state index < -0.39 is 16.0 Å². The molecule has 0 fully saturated rings. The van der Waals surface area contributed by atoms with Crippen LogP contribution in [0.2, 0.25) is 0 Å². The van der Waals surface area contributed by atoms with Gasteiger partial charge in [0.2, 0.25) is 10.0 Å². The van der Waals surface area contributed by atoms with Crippen molar-refractivity contribution < 1.29 is 17.9 Å². The molecule has 2 rings (SSSR count). The third-order valence-electron chi connectivity index (χ3n) is 4.47. The van der Waals surface area contributed by atoms with E-state index in [0.29, 0.717) is 12.2 Å². The molecule has 10 nitrogen and oxygen atoms in total. The van der Waals surface area contributed by atoms with Crippen molar-refractivity contribution in [2.45, 2.75) is 18.4 Å². The van der Waals surface area contributed by atoms with Crippen molar-refractivity contribution in [1.82, 2.24) is 14.2 Å². The summed E-state index contributed by atoms with van der Waals surface area (Å²) in [5.74, 6) is -0.832. The first-order chi connectivity index (χ1) is 16.1. The fourth-order valence-electron chi connectivity index (χ4n) is 2.75. The first-order valence-electron chi connectivity index (χ1n) is 10.3. The summed E-state index contributed by atoms with van der Waals surface area (Å²) in [7, 11) is 0.0751. The number of hydrogen-bond donors (Lipinski definition) is 2. The number of benzene rings is 1. The van der Waals surface area contributed by atoms with Gasteiger partial charge in [0.1, 0.15) is 21.9 Å². The maximum Gasteiger partial charge on any atom is 0.352 e. The van der Waals surface area contributed by atoms with Crippen LogP contribution in [-0.2, 0) is 26.1 Å². The van der Waals surface area contributed by atoms with Crippen molar-refractivity contribution in [1.29, 1.82) is 5.26 Å². The number of thiazole rings is 1. The van der Waals surface area contributed by atoms with E-state index >= 15 is 0 Å². The number of ether oxygens (including phenoxy) is 1. The van der Waals surface area contributed by atoms with Crippen LogP contribution in [0, 0.1) is 11.3 Å². The molecule has 0 aliphatic rings. The highest BCUT2D eigenvalue weighted by Gasteiger charge is 2.16. The molecule has 0 unspecified atom stereocenters. The van der Waals surface area contributed by atoms with E-state index in [-0.39, 0.29) is 44.9 Å². The molecule has 0 saturated carbocycles. The lowest BCUT2D eigenvalue weighted by Crippen LogP contribution is -2.32. The second-order valence-corrected chi connectivity index (χ2v) is 10.0. The molecule has 0 aliphatic carbocycles. The van der Waals surface area contributed by atoms with Crippen LogP contribution >= 0.6 is 11.3 Å². The second-order valence-electron chi connectivity index (χ2n) is 7.21. The summed E-state index contributed by atoms with van der Waals surface area (Å²) in [4.78, 5) is 26.9. The van der Waals surface area contributed by atoms with Crippen molar-refractivity contribution in [2.75, 3.05) is 39.1 Å². The number of nitriles is 1. The summed E-state index contributed by atoms with van der Waals surface area (Å²) in [5, 5.41) is 12.4. The zero-order valence-corrected chi connectivity index (χ0v) is 20.8. The Balaban J connectivity index is 2.32. The van der Waals surface area contributed by atoms with Gasteiger partial charge < -0.3 is 15.0 Å². The van der Waals surface area contributed by atoms with Crippen molar-refractivity contribution in [2.24, 2.45) is 0 Å². The van der Waals surface area contributed by atoms with Crippen LogP contribution in [0.3, 0.4) is 0 Å². The van der Waals surface area contributed by atoms with Crippen LogP contribution in [-0.4, -0.2) is 57.6 Å². The molecule has 0 aliphatic heterocycles. The van der Waals surface area contributed by atoms with Crippen LogP contribution in [0.25, 0.3) is 11.8 Å². The minimum Gasteiger partial charge on any atom is -0.457 e. The first kappa shape index (κ1) is 27.0. The average molecular weight is 506 g/mol. The van der Waals surface area contributed by atoms with Crippen LogP contribution < -0.4 is 24.8 Å². The lowest BCUT2D eigenvalue weighted by Gasteiger charge is -2.11. The van der Waals surface area contributed by atoms with E-state index in [2.05, 4.69) is 16.6 Å². The molecule has 1 aromatic heterocycles. The zero-order chi connectivity index (χ0) is 25.3. The van der Waals surface area contributed by atoms with Crippen molar-refractivity contribution in [3.05, 3.63) is 56.5 Å². The Kier molecular flexibility index (Phi) is 9.76. The molecule has 1 heterocycles. The third-order valence-corrected chi connectivity index (χ3v) is 7.08. The number of carbonyl (C=O) groups is 1. The van der Waals surface area contributed by atoms with Gasteiger partial charge in [0.15, 0.2) is 5.57 Å². The summed E-state index contributed by atoms with van der Waals surface area (Å²) < 4.78 is 34.0. The quantitative estimate of drug-likeness (QED) is 0.323. The van der Waals surface area contributed by atoms with Gasteiger partial charge in [0, 0.05) is 31.5 Å². The molecule has 182 valence electrons. The van der Waals surface area contributed by atoms with Gasteiger partial charge in [0.05, 0.1) is 4.90 Å². The number of sulfonamides is 1. The largest absolute Gasteiger partial charge is 0.457 e. The van der Waals surface area contributed by atoms with Gasteiger partial charge in [-0.3, -0.25) is 9.36 Å². The average Bonchev–Trinajstić information content (AvgIpc) is 3.11. The van der Waals surface area contributed by atoms with Crippen LogP contribution in [0.4, 0.5) is 5.69 Å². The topological polar surface area (TPSA) is 134 Å². The highest BCUT2D eigenvalue weighted by Crippen LogP contribution is 2.13. The molecule has 2 aromatic rings. The molecule has 0 saturated heterocycles. The summed E-state index contributed by atoms with van der Waals surface area (Å²) in [6, 6.07) is 7.87. The maximum absolute atomic E-state index is 12.8. The SMILES string of the molecule is C=CCOC(=O)C(C#N)=c1sc(=CNc2ccc(S(=O)(=O)NCCN(C)C)cc2)c(=O)n1CC. The highest BCUT2D eigenvalue weighted by atomic mass is 32.2. The van der Waals surface area contributed by atoms with E-state index in [9.17, 15) is 23.3 Å². The number of nitrogens with zero attached hydrogens (tertiary/aromatic N) is 3. The predicted octanol–water partition coefficient (Wildman–Crippen LogP) is 0.0232. The Morgan fingerprint density at radius 3 is 2.56 bits per heavy atom. The number of nitrogens with one attached hydrogen (secondary N) is 2. The van der Waals surface area contributed by atoms with Gasteiger partial charge in [-0.2, -0.15) is 5.26 Å². The number of aromatic nitrogens is 1. The molecular formula is C22H27N5O5S2. The van der Waals surface area contributed by atoms with E-state index in [1.807, 2.05) is 25.1 Å². The fourth-order valence-corrected chi connectivity index (χ4v) is 4.84. The van der Waals surface area contributed by atoms with E-state index in [1.165, 1.54) is 29.0 Å². The number of rotatable bonds is 11. The number of hydrogen-bond acceptors (Lipinski definition) is 9. The lowest BCUT2D eigenvalue weighted by atomic mass is 10.3. The Morgan fingerprint density at radius 1 is 1.32 bits per heavy atom. The Labute approximate surface area is 202 Å². The van der Waals surface area contributed by atoms with E-state index in [1.54, 1.807) is 19.1 Å². The molecule has 2 N–H and O–H groups in total. The monoisotopic (exact) mass is 505 g/mol. The number of anilines is 1. The van der Waals surface area contributed by atoms with Gasteiger partial charge in [0.25, 0.3) is 5.56 Å². The number of carbonyl (C=O) groups excluding carboxylic acids is 1. The molecule has 1 aromatic carbocycles. The molecule has 0 atom stereocenters. The minimum atomic E-state index is -3.63.